The molecule has 0 aromatic carbocycles. The number of aliphatic hydroxyl groups is 12. The number of aromatic amines is 5. The number of ether oxygens (including phenoxy) is 6. The van der Waals surface area contributed by atoms with Crippen molar-refractivity contribution in [1.82, 2.24) is 112 Å². The lowest BCUT2D eigenvalue weighted by Gasteiger charge is -2.19. The molecule has 24 atom stereocenters. The Morgan fingerprint density at radius 3 is 1.09 bits per heavy atom. The maximum absolute atomic E-state index is 12.2. The predicted octanol–water partition coefficient (Wildman–Crippen LogP) is 0.401. The summed E-state index contributed by atoms with van der Waals surface area (Å²) in [5, 5.41) is 128. The van der Waals surface area contributed by atoms with E-state index in [1.54, 1.807) is 47.4 Å². The molecule has 12 aromatic rings. The van der Waals surface area contributed by atoms with Gasteiger partial charge in [0.1, 0.15) is 94.7 Å². The third-order valence-corrected chi connectivity index (χ3v) is 35.2. The summed E-state index contributed by atoms with van der Waals surface area (Å²) >= 11 is 10.4. The van der Waals surface area contributed by atoms with E-state index in [1.807, 2.05) is 0 Å². The van der Waals surface area contributed by atoms with Crippen LogP contribution in [0.2, 0.25) is 0 Å². The number of nitrogens with one attached hydrogen (secondary N) is 6. The summed E-state index contributed by atoms with van der Waals surface area (Å²) in [6.45, 7) is 17.8. The van der Waals surface area contributed by atoms with Gasteiger partial charge in [-0.2, -0.15) is 19.9 Å². The number of nitrogen functional groups attached to an aromatic ring is 5. The van der Waals surface area contributed by atoms with Crippen LogP contribution >= 0.6 is 65.8 Å². The molecule has 28 N–H and O–H groups in total. The standard InChI is InChI=1S/C16H26N5O4P.2C15H24N5O4P.C15H23N4O3PS.C14H23N6O4P.C14H22N5O3PS/c1-20(2)16-18-13-10(14(24)19-16)17-8-21(13)15-12(23)11(22)9(25-15)6-7-26(3,4)5;1-19-13(23)9-12(18-15(19)16)20(7-17-9)14-11(22)10(21)8(24-14)5-6-25(2,3)4;1-16-15-18-12-9(13(23)19-15)17-7-20(12)14-11(22)10(21)8(24-14)5-6-25(2,3)4;1-23(2,3)7-5-9-10(20)11(21)14(22-9)19-6-4-8-12(19)17-15(16)18-13(8)24;1-25(2,3)5-4-6-8(21)9(22)12(24-6)20-10-7(17-14(20)16)11(23)19-13(15)18-10;1-23(2,3)5-4-7-9(20)10(21)13(22-7)19-6-16-8-11(19)17-14(15)18-12(8)24/h8-9,11-12,15,22-23H,3,6-7H2,1-2,4-5H3,(H,18,19,24);7-8,10-11,14,21-22H,2,5-6H2,1,3-4H3,(H2,16,18);7-8,10-11,14,21-22H,2,5-6H2,1,3-4H3,(H2,16,18,19,23);4,6,9-11,14,20-21H,1,5,7H2,2-3H3,(H3,16,17,18,24);6,8-9,12,21-22H,1,4-5H2,2-3H3,(H2,16,17)(H3,15,18,19,23);6-7,9-10,13,20-21H,1,4-5H2,2-3H3,(H3,15,17,18,24)/t9-,11-,12-,15-;2*8-,10-,11-,14-;9-,10-,11-,14-;6-,8-,9-,12-;7-,9-,10-,13-/m111111/s1. The number of aliphatic hydroxyl groups excluding tert-OH is 12. The van der Waals surface area contributed by atoms with Crippen LogP contribution in [-0.4, -0.2) is 459 Å². The Hall–Kier alpha value is -9.31. The molecule has 60 heteroatoms. The van der Waals surface area contributed by atoms with E-state index in [4.69, 9.17) is 81.5 Å². The Kier molecular flexibility index (Phi) is 36.2. The molecule has 6 aliphatic rings. The van der Waals surface area contributed by atoms with Gasteiger partial charge < -0.3 is 143 Å². The molecule has 18 rings (SSSR count). The molecule has 52 nitrogen and oxygen atoms in total. The summed E-state index contributed by atoms with van der Waals surface area (Å²) in [5.41, 5.74) is 29.9. The van der Waals surface area contributed by atoms with Crippen molar-refractivity contribution in [3.05, 3.63) is 88.3 Å². The highest BCUT2D eigenvalue weighted by molar-refractivity contribution is 7.74. The van der Waals surface area contributed by atoms with Crippen molar-refractivity contribution in [3.63, 3.8) is 0 Å². The Morgan fingerprint density at radius 1 is 0.369 bits per heavy atom. The fourth-order valence-corrected chi connectivity index (χ4v) is 23.8. The zero-order valence-electron chi connectivity index (χ0n) is 85.9. The van der Waals surface area contributed by atoms with Crippen LogP contribution in [0.1, 0.15) is 75.9 Å². The number of aromatic nitrogens is 23. The number of fused-ring (bicyclic) bond motifs is 6. The lowest BCUT2D eigenvalue weighted by atomic mass is 10.1. The van der Waals surface area contributed by atoms with Gasteiger partial charge >= 0.3 is 0 Å². The first-order valence-electron chi connectivity index (χ1n) is 47.6. The van der Waals surface area contributed by atoms with Crippen LogP contribution in [0.15, 0.2) is 56.8 Å². The van der Waals surface area contributed by atoms with Crippen molar-refractivity contribution in [2.45, 2.75) is 186 Å². The van der Waals surface area contributed by atoms with Gasteiger partial charge in [-0.3, -0.25) is 61.5 Å². The molecule has 149 heavy (non-hydrogen) atoms. The van der Waals surface area contributed by atoms with Crippen LogP contribution in [0.25, 0.3) is 66.9 Å². The Labute approximate surface area is 866 Å². The molecule has 6 aliphatic heterocycles. The molecule has 0 spiro atoms. The first-order valence-corrected chi connectivity index (χ1v) is 66.7. The largest absolute Gasteiger partial charge is 0.388 e. The normalized spacial score (nSPS) is 27.3. The summed E-state index contributed by atoms with van der Waals surface area (Å²) in [4.78, 5) is 109. The molecule has 0 amide bonds. The van der Waals surface area contributed by atoms with Gasteiger partial charge in [-0.1, -0.05) is 24.4 Å². The second kappa shape index (κ2) is 46.2. The zero-order chi connectivity index (χ0) is 110. The summed E-state index contributed by atoms with van der Waals surface area (Å²) in [7, 11) is 6.66. The quantitative estimate of drug-likeness (QED) is 0.0258. The van der Waals surface area contributed by atoms with Crippen molar-refractivity contribution in [2.75, 3.05) is 177 Å². The molecule has 18 heterocycles. The van der Waals surface area contributed by atoms with Gasteiger partial charge in [0.2, 0.25) is 29.7 Å². The van der Waals surface area contributed by atoms with Crippen molar-refractivity contribution >= 4 is 212 Å². The third kappa shape index (κ3) is 27.0. The number of nitrogens with zero attached hydrogens (tertiary/aromatic N) is 19. The first kappa shape index (κ1) is 117. The minimum absolute atomic E-state index is 0.00902. The number of nitrogens with two attached hydrogens (primary N) is 5. The molecule has 0 bridgehead atoms. The summed E-state index contributed by atoms with van der Waals surface area (Å²) < 4.78 is 46.3. The Morgan fingerprint density at radius 2 is 0.691 bits per heavy atom. The zero-order valence-corrected chi connectivity index (χ0v) is 92.9. The SMILES string of the molecule is C=P(C)(C)CC[C@H]1O[C@@H](n2c(N)nc3c(=O)[nH]c(N)nc32)[C@H](O)[C@@H]1O.C=P(C)(C)CC[C@H]1O[C@@H](n2ccc3c(=S)nc(N)[nH]c32)[C@H](O)[C@@H]1O.C=P(C)(C)CC[C@H]1O[C@@H](n2cnc3c(=O)[nH]c(N(C)C)nc32)[C@H](O)[C@@H]1O.C=P(C)(C)CC[C@H]1O[C@@H](n2cnc3c(=O)[nH]c(NC)nc32)[C@H](O)[C@@H]1O.C=P(C)(C)CC[C@H]1O[C@@H](n2cnc3c(=O)n(C)c(N)nc32)[C@H](O)[C@@H]1O.C=P(C)(C)CC[C@H]1O[C@@H](n2cnc3c(=S)nc(N)[nH]c32)[C@H](O)[C@@H]1O. The topological polar surface area (TPSA) is 767 Å². The van der Waals surface area contributed by atoms with Crippen LogP contribution in [0.3, 0.4) is 0 Å². The van der Waals surface area contributed by atoms with Crippen LogP contribution in [0, 0.1) is 9.28 Å². The van der Waals surface area contributed by atoms with Crippen LogP contribution < -0.4 is 61.1 Å². The van der Waals surface area contributed by atoms with Gasteiger partial charge in [-0.25, -0.2) is 34.9 Å². The number of imidazole rings is 5. The summed E-state index contributed by atoms with van der Waals surface area (Å²) in [6.07, 6.45) is 20.3. The first-order chi connectivity index (χ1) is 69.3. The van der Waals surface area contributed by atoms with Crippen molar-refractivity contribution in [2.24, 2.45) is 7.05 Å². The molecule has 6 saturated heterocycles. The molecular formula is C89H142N30O22P6S2. The molecule has 6 fully saturated rings. The molecular weight excluding hydrogens is 2090 g/mol. The maximum Gasteiger partial charge on any atom is 0.282 e. The number of hydrogen-bond donors (Lipinski definition) is 23. The highest BCUT2D eigenvalue weighted by atomic mass is 32.1. The molecule has 0 unspecified atom stereocenters. The summed E-state index contributed by atoms with van der Waals surface area (Å²) in [6, 6.07) is 1.79. The molecule has 0 radical (unpaired) electrons. The Balaban J connectivity index is 0.000000149. The van der Waals surface area contributed by atoms with E-state index in [9.17, 15) is 80.5 Å². The van der Waals surface area contributed by atoms with Crippen LogP contribution in [-0.2, 0) is 35.5 Å². The monoisotopic (exact) mass is 2230 g/mol. The lowest BCUT2D eigenvalue weighted by molar-refractivity contribution is -0.0353. The maximum atomic E-state index is 12.2. The molecule has 12 aromatic heterocycles. The van der Waals surface area contributed by atoms with E-state index in [-0.39, 0.29) is 96.0 Å². The smallest absolute Gasteiger partial charge is 0.282 e. The fraction of sp³-hybridized carbons (Fsp3) is 0.584. The van der Waals surface area contributed by atoms with E-state index >= 15 is 0 Å². The van der Waals surface area contributed by atoms with Crippen LogP contribution in [0.4, 0.5) is 41.6 Å². The predicted molar refractivity (Wildman–Crippen MR) is 599 cm³/mol. The van der Waals surface area contributed by atoms with Gasteiger partial charge in [-0.05, 0) is 162 Å². The minimum atomic E-state index is -1.30. The Bertz CT molecular complexity index is 7410. The van der Waals surface area contributed by atoms with Gasteiger partial charge in [0.05, 0.1) is 67.3 Å². The van der Waals surface area contributed by atoms with Gasteiger partial charge in [0.15, 0.2) is 98.6 Å². The highest BCUT2D eigenvalue weighted by Crippen LogP contribution is 2.48. The fourth-order valence-electron chi connectivity index (χ4n) is 17.5. The van der Waals surface area contributed by atoms with E-state index in [0.717, 1.165) is 42.4 Å². The number of anilines is 7. The number of rotatable bonds is 26. The second-order valence-corrected chi connectivity index (χ2v) is 69.1. The van der Waals surface area contributed by atoms with Crippen molar-refractivity contribution in [1.29, 1.82) is 0 Å². The minimum Gasteiger partial charge on any atom is -0.388 e. The van der Waals surface area contributed by atoms with Gasteiger partial charge in [-0.15, -0.1) is 79.1 Å². The molecule has 0 aliphatic carbocycles. The van der Waals surface area contributed by atoms with E-state index < -0.39 is 194 Å². The molecule has 0 saturated carbocycles. The van der Waals surface area contributed by atoms with Crippen molar-refractivity contribution < 1.29 is 89.7 Å². The highest BCUT2D eigenvalue weighted by Gasteiger charge is 2.51. The van der Waals surface area contributed by atoms with Crippen LogP contribution in [0.5, 0.6) is 0 Å². The average Bonchev–Trinajstić information content (AvgIpc) is 1.58. The second-order valence-electron chi connectivity index (χ2n) is 42.4. The molecule has 822 valence electrons. The van der Waals surface area contributed by atoms with Gasteiger partial charge in [0.25, 0.3) is 22.2 Å². The van der Waals surface area contributed by atoms with E-state index in [2.05, 4.69) is 203 Å². The van der Waals surface area contributed by atoms with E-state index in [0.29, 0.717) is 71.6 Å². The van der Waals surface area contributed by atoms with Gasteiger partial charge in [0, 0.05) is 34.4 Å². The van der Waals surface area contributed by atoms with E-state index in [1.165, 1.54) is 55.2 Å². The third-order valence-electron chi connectivity index (χ3n) is 25.8. The van der Waals surface area contributed by atoms with Crippen molar-refractivity contribution in [3.8, 4) is 0 Å². The summed E-state index contributed by atoms with van der Waals surface area (Å²) in [5.74, 6) is 0.882. The average molecular weight is 2230 g/mol. The lowest BCUT2D eigenvalue weighted by Crippen LogP contribution is -2.32. The number of hydrogen-bond acceptors (Lipinski definition) is 42. The number of H-pyrrole nitrogens is 5.